The van der Waals surface area contributed by atoms with E-state index in [1.54, 1.807) is 0 Å². The molecule has 0 spiro atoms. The van der Waals surface area contributed by atoms with Crippen LogP contribution in [0.1, 0.15) is 52.9 Å². The molecule has 89 valence electrons. The van der Waals surface area contributed by atoms with Crippen LogP contribution >= 0.6 is 0 Å². The van der Waals surface area contributed by atoms with Crippen LogP contribution in [0.5, 0.6) is 0 Å². The molecule has 0 aromatic heterocycles. The quantitative estimate of drug-likeness (QED) is 0.614. The molecule has 0 amide bonds. The van der Waals surface area contributed by atoms with Crippen molar-refractivity contribution in [1.82, 2.24) is 0 Å². The molecule has 1 rings (SSSR count). The fourth-order valence-electron chi connectivity index (χ4n) is 2.06. The Morgan fingerprint density at radius 2 is 2.20 bits per heavy atom. The van der Waals surface area contributed by atoms with Crippen LogP contribution in [0, 0.1) is 12.5 Å². The van der Waals surface area contributed by atoms with Gasteiger partial charge in [-0.1, -0.05) is 27.2 Å². The van der Waals surface area contributed by atoms with Crippen LogP contribution in [0.3, 0.4) is 0 Å². The van der Waals surface area contributed by atoms with Crippen LogP contribution in [0.25, 0.3) is 0 Å². The van der Waals surface area contributed by atoms with Gasteiger partial charge in [-0.2, -0.15) is 0 Å². The Balaban J connectivity index is 2.21. The van der Waals surface area contributed by atoms with E-state index in [1.165, 1.54) is 12.8 Å². The maximum absolute atomic E-state index is 5.74. The number of ether oxygens (including phenoxy) is 2. The van der Waals surface area contributed by atoms with Gasteiger partial charge < -0.3 is 9.47 Å². The van der Waals surface area contributed by atoms with E-state index in [0.717, 1.165) is 25.9 Å². The first kappa shape index (κ1) is 13.0. The van der Waals surface area contributed by atoms with Gasteiger partial charge in [0.1, 0.15) is 0 Å². The second-order valence-corrected chi connectivity index (χ2v) is 4.53. The molecular weight excluding hydrogens is 188 g/mol. The summed E-state index contributed by atoms with van der Waals surface area (Å²) >= 11 is 0. The third-order valence-corrected chi connectivity index (χ3v) is 3.07. The van der Waals surface area contributed by atoms with E-state index < -0.39 is 0 Å². The van der Waals surface area contributed by atoms with Crippen LogP contribution in [-0.4, -0.2) is 18.8 Å². The van der Waals surface area contributed by atoms with E-state index in [0.29, 0.717) is 18.1 Å². The van der Waals surface area contributed by atoms with Gasteiger partial charge in [-0.3, -0.25) is 0 Å². The number of hydrogen-bond acceptors (Lipinski definition) is 2. The molecule has 0 N–H and O–H groups in total. The minimum Gasteiger partial charge on any atom is -0.378 e. The lowest BCUT2D eigenvalue weighted by atomic mass is 9.91. The Bertz CT molecular complexity index is 155. The molecule has 0 aromatic carbocycles. The molecule has 1 radical (unpaired) electrons. The van der Waals surface area contributed by atoms with Crippen molar-refractivity contribution in [3.8, 4) is 0 Å². The highest BCUT2D eigenvalue weighted by Crippen LogP contribution is 2.26. The largest absolute Gasteiger partial charge is 0.378 e. The molecule has 0 bridgehead atoms. The minimum absolute atomic E-state index is 0.397. The lowest BCUT2D eigenvalue weighted by Crippen LogP contribution is -2.35. The maximum atomic E-state index is 5.74. The normalized spacial score (nSPS) is 24.6. The Hall–Kier alpha value is -0.0800. The molecule has 1 aliphatic rings. The summed E-state index contributed by atoms with van der Waals surface area (Å²) in [4.78, 5) is 0. The summed E-state index contributed by atoms with van der Waals surface area (Å²) < 4.78 is 11.3. The predicted molar refractivity (Wildman–Crippen MR) is 62.5 cm³/mol. The smallest absolute Gasteiger partial charge is 0.0837 e. The van der Waals surface area contributed by atoms with Crippen molar-refractivity contribution >= 4 is 0 Å². The maximum Gasteiger partial charge on any atom is 0.0837 e. The van der Waals surface area contributed by atoms with Gasteiger partial charge in [0.15, 0.2) is 0 Å². The van der Waals surface area contributed by atoms with Crippen molar-refractivity contribution in [1.29, 1.82) is 0 Å². The van der Waals surface area contributed by atoms with Gasteiger partial charge in [-0.05, 0) is 31.6 Å². The van der Waals surface area contributed by atoms with Gasteiger partial charge >= 0.3 is 0 Å². The fourth-order valence-corrected chi connectivity index (χ4v) is 2.06. The Labute approximate surface area is 94.3 Å². The molecule has 1 fully saturated rings. The lowest BCUT2D eigenvalue weighted by Gasteiger charge is -2.33. The lowest BCUT2D eigenvalue weighted by molar-refractivity contribution is -0.0910. The second-order valence-electron chi connectivity index (χ2n) is 4.53. The minimum atomic E-state index is 0.397. The Kier molecular flexibility index (Phi) is 6.26. The monoisotopic (exact) mass is 213 g/mol. The zero-order valence-electron chi connectivity index (χ0n) is 10.4. The molecule has 1 saturated heterocycles. The molecule has 15 heavy (non-hydrogen) atoms. The Morgan fingerprint density at radius 3 is 2.67 bits per heavy atom. The molecule has 2 heteroatoms. The van der Waals surface area contributed by atoms with Crippen LogP contribution in [0.2, 0.25) is 0 Å². The van der Waals surface area contributed by atoms with Crippen molar-refractivity contribution in [2.45, 2.75) is 65.1 Å². The number of rotatable bonds is 8. The summed E-state index contributed by atoms with van der Waals surface area (Å²) in [6.45, 7) is 9.50. The number of hydrogen-bond donors (Lipinski definition) is 0. The SMILES string of the molecule is CC[CH]OC(CCC)CC(C)C1CCO1. The van der Waals surface area contributed by atoms with Crippen LogP contribution in [0.4, 0.5) is 0 Å². The van der Waals surface area contributed by atoms with E-state index in [1.807, 2.05) is 6.61 Å². The first-order valence-corrected chi connectivity index (χ1v) is 6.36. The van der Waals surface area contributed by atoms with Crippen LogP contribution in [-0.2, 0) is 9.47 Å². The summed E-state index contributed by atoms with van der Waals surface area (Å²) in [5.41, 5.74) is 0. The molecule has 3 atom stereocenters. The molecular formula is C13H25O2. The summed E-state index contributed by atoms with van der Waals surface area (Å²) in [5, 5.41) is 0. The standard InChI is InChI=1S/C13H25O2/c1-4-6-12(14-8-5-2)10-11(3)13-7-9-15-13/h8,11-13H,4-7,9-10H2,1-3H3. The van der Waals surface area contributed by atoms with Gasteiger partial charge in [0.05, 0.1) is 18.8 Å². The molecule has 1 heterocycles. The van der Waals surface area contributed by atoms with E-state index >= 15 is 0 Å². The third-order valence-electron chi connectivity index (χ3n) is 3.07. The molecule has 0 saturated carbocycles. The van der Waals surface area contributed by atoms with E-state index in [4.69, 9.17) is 9.47 Å². The highest BCUT2D eigenvalue weighted by molar-refractivity contribution is 4.76. The van der Waals surface area contributed by atoms with Gasteiger partial charge in [0, 0.05) is 6.61 Å². The highest BCUT2D eigenvalue weighted by atomic mass is 16.5. The first-order chi connectivity index (χ1) is 7.27. The van der Waals surface area contributed by atoms with Crippen molar-refractivity contribution in [2.75, 3.05) is 6.61 Å². The summed E-state index contributed by atoms with van der Waals surface area (Å²) in [6.07, 6.45) is 6.61. The van der Waals surface area contributed by atoms with Crippen molar-refractivity contribution in [2.24, 2.45) is 5.92 Å². The topological polar surface area (TPSA) is 18.5 Å². The fraction of sp³-hybridized carbons (Fsp3) is 0.923. The van der Waals surface area contributed by atoms with Crippen LogP contribution < -0.4 is 0 Å². The van der Waals surface area contributed by atoms with Gasteiger partial charge in [-0.25, -0.2) is 0 Å². The van der Waals surface area contributed by atoms with E-state index in [2.05, 4.69) is 20.8 Å². The Morgan fingerprint density at radius 1 is 1.47 bits per heavy atom. The summed E-state index contributed by atoms with van der Waals surface area (Å²) in [7, 11) is 0. The molecule has 1 aliphatic heterocycles. The molecule has 3 unspecified atom stereocenters. The van der Waals surface area contributed by atoms with Gasteiger partial charge in [0.25, 0.3) is 0 Å². The molecule has 0 aliphatic carbocycles. The molecule has 0 aromatic rings. The average molecular weight is 213 g/mol. The van der Waals surface area contributed by atoms with Crippen LogP contribution in [0.15, 0.2) is 0 Å². The van der Waals surface area contributed by atoms with Crippen molar-refractivity contribution in [3.63, 3.8) is 0 Å². The van der Waals surface area contributed by atoms with Crippen molar-refractivity contribution < 1.29 is 9.47 Å². The zero-order chi connectivity index (χ0) is 11.1. The third kappa shape index (κ3) is 4.52. The zero-order valence-corrected chi connectivity index (χ0v) is 10.4. The highest BCUT2D eigenvalue weighted by Gasteiger charge is 2.27. The summed E-state index contributed by atoms with van der Waals surface area (Å²) in [5.74, 6) is 0.639. The van der Waals surface area contributed by atoms with E-state index in [9.17, 15) is 0 Å². The van der Waals surface area contributed by atoms with Gasteiger partial charge in [-0.15, -0.1) is 0 Å². The molecule has 2 nitrogen and oxygen atoms in total. The van der Waals surface area contributed by atoms with Gasteiger partial charge in [0.2, 0.25) is 0 Å². The summed E-state index contributed by atoms with van der Waals surface area (Å²) in [6, 6.07) is 0. The first-order valence-electron chi connectivity index (χ1n) is 6.36. The predicted octanol–water partition coefficient (Wildman–Crippen LogP) is 3.56. The average Bonchev–Trinajstić information content (AvgIpc) is 2.11. The second kappa shape index (κ2) is 7.24. The van der Waals surface area contributed by atoms with E-state index in [-0.39, 0.29) is 0 Å². The van der Waals surface area contributed by atoms with Crippen molar-refractivity contribution in [3.05, 3.63) is 6.61 Å².